The van der Waals surface area contributed by atoms with E-state index in [1.165, 1.54) is 11.0 Å². The highest BCUT2D eigenvalue weighted by atomic mass is 19.4. The molecule has 1 atom stereocenters. The second kappa shape index (κ2) is 10.7. The van der Waals surface area contributed by atoms with Crippen LogP contribution in [0.15, 0.2) is 18.2 Å². The minimum atomic E-state index is -4.81. The number of hydrogen-bond acceptors (Lipinski definition) is 5. The predicted octanol–water partition coefficient (Wildman–Crippen LogP) is 2.95. The maximum atomic E-state index is 13.7. The molecule has 2 rings (SSSR count). The lowest BCUT2D eigenvalue weighted by atomic mass is 9.95. The summed E-state index contributed by atoms with van der Waals surface area (Å²) in [6, 6.07) is 1.85. The summed E-state index contributed by atoms with van der Waals surface area (Å²) in [6.07, 6.45) is -7.54. The van der Waals surface area contributed by atoms with Crippen LogP contribution in [0.4, 0.5) is 33.3 Å². The monoisotopic (exact) mass is 480 g/mol. The summed E-state index contributed by atoms with van der Waals surface area (Å²) in [6.45, 7) is 4.24. The molecule has 1 aromatic carbocycles. The molecule has 12 heteroatoms. The molecule has 0 aromatic heterocycles. The summed E-state index contributed by atoms with van der Waals surface area (Å²) < 4.78 is 72.4. The average Bonchev–Trinajstić information content (AvgIpc) is 2.66. The van der Waals surface area contributed by atoms with E-state index in [4.69, 9.17) is 10.5 Å². The van der Waals surface area contributed by atoms with Crippen molar-refractivity contribution in [1.82, 2.24) is 4.90 Å². The van der Waals surface area contributed by atoms with Crippen LogP contribution in [0.5, 0.6) is 0 Å². The summed E-state index contributed by atoms with van der Waals surface area (Å²) in [5.74, 6) is -1.41. The van der Waals surface area contributed by atoms with Gasteiger partial charge in [0.05, 0.1) is 24.4 Å². The van der Waals surface area contributed by atoms with Gasteiger partial charge in [0, 0.05) is 25.3 Å². The van der Waals surface area contributed by atoms with E-state index < -0.39 is 48.0 Å². The normalized spacial score (nSPS) is 16.5. The van der Waals surface area contributed by atoms with Gasteiger partial charge in [-0.3, -0.25) is 14.5 Å². The molecule has 7 nitrogen and oxygen atoms in total. The number of benzene rings is 1. The van der Waals surface area contributed by atoms with Gasteiger partial charge in [-0.2, -0.15) is 13.2 Å². The first-order valence-corrected chi connectivity index (χ1v) is 10.4. The van der Waals surface area contributed by atoms with Crippen molar-refractivity contribution < 1.29 is 36.3 Å². The van der Waals surface area contributed by atoms with Crippen LogP contribution in [0.25, 0.3) is 0 Å². The van der Waals surface area contributed by atoms with Crippen LogP contribution in [-0.4, -0.2) is 68.6 Å². The number of rotatable bonds is 8. The van der Waals surface area contributed by atoms with Gasteiger partial charge in [-0.05, 0) is 23.6 Å². The van der Waals surface area contributed by atoms with Crippen molar-refractivity contribution in [3.8, 4) is 0 Å². The SMILES string of the molecule is CC(C)(C)CN(CC(F)F)[C@@H](CN)C(=O)Nc1ccc(N2CCOCC2=O)c(C(F)(F)F)c1. The molecule has 0 saturated carbocycles. The average molecular weight is 480 g/mol. The number of anilines is 2. The molecule has 2 amide bonds. The highest BCUT2D eigenvalue weighted by Gasteiger charge is 2.37. The topological polar surface area (TPSA) is 87.9 Å². The van der Waals surface area contributed by atoms with Crippen molar-refractivity contribution in [1.29, 1.82) is 0 Å². The minimum absolute atomic E-state index is 0.0434. The molecule has 0 bridgehead atoms. The van der Waals surface area contributed by atoms with Crippen molar-refractivity contribution in [3.05, 3.63) is 23.8 Å². The van der Waals surface area contributed by atoms with Gasteiger partial charge in [0.2, 0.25) is 5.91 Å². The zero-order chi connectivity index (χ0) is 25.0. The zero-order valence-electron chi connectivity index (χ0n) is 18.7. The number of carbonyl (C=O) groups excluding carboxylic acids is 2. The third-order valence-corrected chi connectivity index (χ3v) is 4.86. The lowest BCUT2D eigenvalue weighted by molar-refractivity contribution is -0.137. The Labute approximate surface area is 189 Å². The van der Waals surface area contributed by atoms with Gasteiger partial charge in [-0.1, -0.05) is 20.8 Å². The second-order valence-electron chi connectivity index (χ2n) is 8.95. The molecule has 1 saturated heterocycles. The molecule has 1 aliphatic heterocycles. The fourth-order valence-corrected chi connectivity index (χ4v) is 3.58. The Balaban J connectivity index is 2.32. The molecule has 1 aliphatic rings. The summed E-state index contributed by atoms with van der Waals surface area (Å²) >= 11 is 0. The van der Waals surface area contributed by atoms with Gasteiger partial charge in [0.25, 0.3) is 12.3 Å². The Morgan fingerprint density at radius 2 is 1.94 bits per heavy atom. The Hall–Kier alpha value is -2.31. The Morgan fingerprint density at radius 1 is 1.27 bits per heavy atom. The maximum Gasteiger partial charge on any atom is 0.418 e. The molecule has 0 radical (unpaired) electrons. The van der Waals surface area contributed by atoms with E-state index in [0.717, 1.165) is 11.0 Å². The quantitative estimate of drug-likeness (QED) is 0.559. The molecular weight excluding hydrogens is 451 g/mol. The number of morpholine rings is 1. The molecule has 33 heavy (non-hydrogen) atoms. The first-order valence-electron chi connectivity index (χ1n) is 10.4. The van der Waals surface area contributed by atoms with E-state index >= 15 is 0 Å². The van der Waals surface area contributed by atoms with Crippen LogP contribution in [0.1, 0.15) is 26.3 Å². The fraction of sp³-hybridized carbons (Fsp3) is 0.619. The minimum Gasteiger partial charge on any atom is -0.370 e. The number of halogens is 5. The Kier molecular flexibility index (Phi) is 8.77. The van der Waals surface area contributed by atoms with Crippen LogP contribution in [0.2, 0.25) is 0 Å². The predicted molar refractivity (Wildman–Crippen MR) is 113 cm³/mol. The number of carbonyl (C=O) groups is 2. The second-order valence-corrected chi connectivity index (χ2v) is 8.95. The largest absolute Gasteiger partial charge is 0.418 e. The van der Waals surface area contributed by atoms with E-state index in [9.17, 15) is 31.5 Å². The lowest BCUT2D eigenvalue weighted by Crippen LogP contribution is -2.52. The molecule has 0 unspecified atom stereocenters. The van der Waals surface area contributed by atoms with Gasteiger partial charge in [0.1, 0.15) is 12.6 Å². The smallest absolute Gasteiger partial charge is 0.370 e. The van der Waals surface area contributed by atoms with Crippen molar-refractivity contribution in [2.45, 2.75) is 39.4 Å². The molecule has 1 fully saturated rings. The van der Waals surface area contributed by atoms with E-state index in [1.807, 2.05) is 0 Å². The van der Waals surface area contributed by atoms with Crippen LogP contribution < -0.4 is 16.0 Å². The van der Waals surface area contributed by atoms with E-state index in [2.05, 4.69) is 5.32 Å². The fourth-order valence-electron chi connectivity index (χ4n) is 3.58. The van der Waals surface area contributed by atoms with E-state index in [-0.39, 0.29) is 44.2 Å². The summed E-state index contributed by atoms with van der Waals surface area (Å²) in [4.78, 5) is 27.0. The molecule has 3 N–H and O–H groups in total. The maximum absolute atomic E-state index is 13.7. The van der Waals surface area contributed by atoms with Gasteiger partial charge >= 0.3 is 6.18 Å². The van der Waals surface area contributed by atoms with Crippen molar-refractivity contribution in [3.63, 3.8) is 0 Å². The highest BCUT2D eigenvalue weighted by molar-refractivity contribution is 5.98. The number of nitrogens with one attached hydrogen (secondary N) is 1. The van der Waals surface area contributed by atoms with Crippen LogP contribution in [0, 0.1) is 5.41 Å². The summed E-state index contributed by atoms with van der Waals surface area (Å²) in [7, 11) is 0. The van der Waals surface area contributed by atoms with Crippen LogP contribution in [-0.2, 0) is 20.5 Å². The van der Waals surface area contributed by atoms with Crippen molar-refractivity contribution in [2.75, 3.05) is 49.6 Å². The van der Waals surface area contributed by atoms with Gasteiger partial charge in [0.15, 0.2) is 0 Å². The van der Waals surface area contributed by atoms with E-state index in [1.54, 1.807) is 20.8 Å². The Morgan fingerprint density at radius 3 is 2.45 bits per heavy atom. The first kappa shape index (κ1) is 26.9. The van der Waals surface area contributed by atoms with E-state index in [0.29, 0.717) is 6.07 Å². The van der Waals surface area contributed by atoms with Gasteiger partial charge in [-0.25, -0.2) is 8.78 Å². The van der Waals surface area contributed by atoms with Crippen molar-refractivity contribution in [2.24, 2.45) is 11.1 Å². The number of hydrogen-bond donors (Lipinski definition) is 2. The third kappa shape index (κ3) is 7.61. The summed E-state index contributed by atoms with van der Waals surface area (Å²) in [5.41, 5.74) is 3.59. The number of amides is 2. The molecule has 0 spiro atoms. The molecule has 186 valence electrons. The van der Waals surface area contributed by atoms with Crippen molar-refractivity contribution >= 4 is 23.2 Å². The van der Waals surface area contributed by atoms with Gasteiger partial charge in [-0.15, -0.1) is 0 Å². The summed E-state index contributed by atoms with van der Waals surface area (Å²) in [5, 5.41) is 2.35. The molecule has 1 heterocycles. The molecule has 1 aromatic rings. The lowest BCUT2D eigenvalue weighted by Gasteiger charge is -2.34. The third-order valence-electron chi connectivity index (χ3n) is 4.86. The van der Waals surface area contributed by atoms with Gasteiger partial charge < -0.3 is 20.7 Å². The highest BCUT2D eigenvalue weighted by Crippen LogP contribution is 2.38. The number of alkyl halides is 5. The number of ether oxygens (including phenoxy) is 1. The number of nitrogens with two attached hydrogens (primary N) is 1. The zero-order valence-corrected chi connectivity index (χ0v) is 18.7. The molecular formula is C21H29F5N4O3. The standard InChI is InChI=1S/C21H29F5N4O3/c1-20(2,3)12-29(10-17(22)23)16(9-27)19(32)28-13-4-5-15(14(8-13)21(24,25)26)30-6-7-33-11-18(30)31/h4-5,8,16-17H,6-7,9-12,27H2,1-3H3,(H,28,32)/t16-/m0/s1. The number of nitrogens with zero attached hydrogens (tertiary/aromatic N) is 2. The van der Waals surface area contributed by atoms with Crippen LogP contribution in [0.3, 0.4) is 0 Å². The molecule has 0 aliphatic carbocycles. The Bertz CT molecular complexity index is 842. The first-order chi connectivity index (χ1) is 15.2. The van der Waals surface area contributed by atoms with Crippen LogP contribution >= 0.6 is 0 Å².